The van der Waals surface area contributed by atoms with Crippen molar-refractivity contribution in [1.29, 1.82) is 0 Å². The molecule has 10 heteroatoms. The van der Waals surface area contributed by atoms with Gasteiger partial charge in [0.15, 0.2) is 12.4 Å². The molecule has 3 aromatic rings. The summed E-state index contributed by atoms with van der Waals surface area (Å²) in [7, 11) is -1.98. The number of rotatable bonds is 7. The third-order valence-corrected chi connectivity index (χ3v) is 9.96. The first-order valence-corrected chi connectivity index (χ1v) is 15.2. The minimum atomic E-state index is -3.87. The molecule has 0 bridgehead atoms. The standard InChI is InChI=1S/C31H32ClN3O5S/c1-31(2)26-11-7-8-12-28(26)33(3)29(31)19-23(36)21-40-30(37)25-20-24(13-14-27(25)32)41(38,39)35-17-15-34(16-18-35)22-9-5-4-6-10-22/h4-14,19-20H,15-18,21H2,1-3H3. The second-order valence-corrected chi connectivity index (χ2v) is 13.0. The molecule has 0 unspecified atom stereocenters. The lowest BCUT2D eigenvalue weighted by Crippen LogP contribution is -2.48. The van der Waals surface area contributed by atoms with Gasteiger partial charge in [-0.2, -0.15) is 4.31 Å². The van der Waals surface area contributed by atoms with Gasteiger partial charge in [-0.3, -0.25) is 4.79 Å². The van der Waals surface area contributed by atoms with E-state index in [4.69, 9.17) is 16.3 Å². The Morgan fingerprint density at radius 2 is 1.61 bits per heavy atom. The fraction of sp³-hybridized carbons (Fsp3) is 0.290. The van der Waals surface area contributed by atoms with E-state index in [0.29, 0.717) is 26.2 Å². The minimum absolute atomic E-state index is 0.0424. The minimum Gasteiger partial charge on any atom is -0.454 e. The van der Waals surface area contributed by atoms with Crippen LogP contribution in [0.2, 0.25) is 5.02 Å². The molecule has 1 saturated heterocycles. The Morgan fingerprint density at radius 1 is 0.951 bits per heavy atom. The van der Waals surface area contributed by atoms with Gasteiger partial charge in [0, 0.05) is 61.8 Å². The number of ketones is 1. The van der Waals surface area contributed by atoms with E-state index in [9.17, 15) is 18.0 Å². The van der Waals surface area contributed by atoms with Crippen LogP contribution in [-0.2, 0) is 25.0 Å². The lowest BCUT2D eigenvalue weighted by Gasteiger charge is -2.35. The quantitative estimate of drug-likeness (QED) is 0.285. The number of piperazine rings is 1. The van der Waals surface area contributed by atoms with E-state index >= 15 is 0 Å². The van der Waals surface area contributed by atoms with E-state index < -0.39 is 33.8 Å². The zero-order chi connectivity index (χ0) is 29.4. The zero-order valence-electron chi connectivity index (χ0n) is 23.2. The summed E-state index contributed by atoms with van der Waals surface area (Å²) in [4.78, 5) is 29.8. The fourth-order valence-electron chi connectivity index (χ4n) is 5.46. The zero-order valence-corrected chi connectivity index (χ0v) is 24.8. The monoisotopic (exact) mass is 593 g/mol. The first-order chi connectivity index (χ1) is 19.5. The maximum Gasteiger partial charge on any atom is 0.340 e. The number of benzene rings is 3. The summed E-state index contributed by atoms with van der Waals surface area (Å²) in [6.45, 7) is 5.26. The molecule has 5 rings (SSSR count). The highest BCUT2D eigenvalue weighted by Gasteiger charge is 2.38. The third-order valence-electron chi connectivity index (χ3n) is 7.74. The van der Waals surface area contributed by atoms with Crippen molar-refractivity contribution in [2.24, 2.45) is 0 Å². The van der Waals surface area contributed by atoms with Gasteiger partial charge in [0.05, 0.1) is 15.5 Å². The number of para-hydroxylation sites is 2. The highest BCUT2D eigenvalue weighted by atomic mass is 35.5. The number of carbonyl (C=O) groups excluding carboxylic acids is 2. The number of allylic oxidation sites excluding steroid dienone is 1. The molecule has 0 radical (unpaired) electrons. The Kier molecular flexibility index (Phi) is 7.96. The number of anilines is 2. The van der Waals surface area contributed by atoms with Gasteiger partial charge in [-0.05, 0) is 42.0 Å². The number of esters is 1. The Bertz CT molecular complexity index is 1610. The van der Waals surface area contributed by atoms with Crippen LogP contribution in [0.5, 0.6) is 0 Å². The van der Waals surface area contributed by atoms with E-state index in [1.165, 1.54) is 28.6 Å². The van der Waals surface area contributed by atoms with Gasteiger partial charge in [0.25, 0.3) is 0 Å². The number of halogens is 1. The number of nitrogens with zero attached hydrogens (tertiary/aromatic N) is 3. The smallest absolute Gasteiger partial charge is 0.340 e. The highest BCUT2D eigenvalue weighted by molar-refractivity contribution is 7.89. The Balaban J connectivity index is 1.25. The molecule has 8 nitrogen and oxygen atoms in total. The lowest BCUT2D eigenvalue weighted by molar-refractivity contribution is -0.117. The van der Waals surface area contributed by atoms with Gasteiger partial charge in [-0.15, -0.1) is 0 Å². The molecule has 0 aliphatic carbocycles. The number of carbonyl (C=O) groups is 2. The van der Waals surface area contributed by atoms with E-state index in [0.717, 1.165) is 22.6 Å². The molecule has 1 fully saturated rings. The third kappa shape index (κ3) is 5.62. The summed E-state index contributed by atoms with van der Waals surface area (Å²) in [5.41, 5.74) is 3.44. The summed E-state index contributed by atoms with van der Waals surface area (Å²) in [6, 6.07) is 21.7. The summed E-state index contributed by atoms with van der Waals surface area (Å²) in [6.07, 6.45) is 1.49. The molecule has 41 heavy (non-hydrogen) atoms. The van der Waals surface area contributed by atoms with E-state index in [-0.39, 0.29) is 15.5 Å². The van der Waals surface area contributed by atoms with Gasteiger partial charge in [-0.1, -0.05) is 61.8 Å². The van der Waals surface area contributed by atoms with Crippen LogP contribution in [0, 0.1) is 0 Å². The Morgan fingerprint density at radius 3 is 2.29 bits per heavy atom. The molecular formula is C31H32ClN3O5S. The molecule has 0 atom stereocenters. The lowest BCUT2D eigenvalue weighted by atomic mass is 9.83. The highest BCUT2D eigenvalue weighted by Crippen LogP contribution is 2.46. The average molecular weight is 594 g/mol. The van der Waals surface area contributed by atoms with Crippen molar-refractivity contribution in [3.63, 3.8) is 0 Å². The first-order valence-electron chi connectivity index (χ1n) is 13.3. The topological polar surface area (TPSA) is 87.2 Å². The van der Waals surface area contributed by atoms with Crippen molar-refractivity contribution in [1.82, 2.24) is 4.31 Å². The molecule has 0 N–H and O–H groups in total. The van der Waals surface area contributed by atoms with Gasteiger partial charge in [0.1, 0.15) is 0 Å². The van der Waals surface area contributed by atoms with Crippen LogP contribution in [0.4, 0.5) is 11.4 Å². The molecule has 2 aliphatic heterocycles. The van der Waals surface area contributed by atoms with Crippen molar-refractivity contribution in [2.45, 2.75) is 24.2 Å². The van der Waals surface area contributed by atoms with Crippen LogP contribution in [0.15, 0.2) is 89.5 Å². The van der Waals surface area contributed by atoms with Crippen LogP contribution < -0.4 is 9.80 Å². The SMILES string of the molecule is CN1C(=CC(=O)COC(=O)c2cc(S(=O)(=O)N3CCN(c4ccccc4)CC3)ccc2Cl)C(C)(C)c2ccccc21. The molecular weight excluding hydrogens is 562 g/mol. The molecule has 2 heterocycles. The summed E-state index contributed by atoms with van der Waals surface area (Å²) < 4.78 is 33.5. The maximum absolute atomic E-state index is 13.4. The largest absolute Gasteiger partial charge is 0.454 e. The maximum atomic E-state index is 13.4. The molecule has 0 spiro atoms. The normalized spacial score (nSPS) is 17.9. The fourth-order valence-corrected chi connectivity index (χ4v) is 7.11. The van der Waals surface area contributed by atoms with E-state index in [1.807, 2.05) is 80.4 Å². The molecule has 3 aromatic carbocycles. The number of likely N-dealkylation sites (N-methyl/N-ethyl adjacent to an activating group) is 1. The predicted molar refractivity (Wildman–Crippen MR) is 160 cm³/mol. The molecule has 214 valence electrons. The number of sulfonamides is 1. The van der Waals surface area contributed by atoms with Crippen molar-refractivity contribution < 1.29 is 22.7 Å². The molecule has 0 aromatic heterocycles. The molecule has 0 amide bonds. The van der Waals surface area contributed by atoms with Gasteiger partial charge in [-0.25, -0.2) is 13.2 Å². The Hall–Kier alpha value is -3.66. The van der Waals surface area contributed by atoms with E-state index in [2.05, 4.69) is 4.90 Å². The predicted octanol–water partition coefficient (Wildman–Crippen LogP) is 4.89. The van der Waals surface area contributed by atoms with Crippen LogP contribution in [-0.4, -0.2) is 64.3 Å². The van der Waals surface area contributed by atoms with Crippen molar-refractivity contribution in [2.75, 3.05) is 49.6 Å². The van der Waals surface area contributed by atoms with Crippen molar-refractivity contribution in [3.8, 4) is 0 Å². The second kappa shape index (κ2) is 11.3. The first kappa shape index (κ1) is 28.9. The van der Waals surface area contributed by atoms with E-state index in [1.54, 1.807) is 0 Å². The van der Waals surface area contributed by atoms with Crippen LogP contribution >= 0.6 is 11.6 Å². The van der Waals surface area contributed by atoms with Gasteiger partial charge in [0.2, 0.25) is 10.0 Å². The summed E-state index contributed by atoms with van der Waals surface area (Å²) in [5, 5.41) is 0.0424. The molecule has 0 saturated carbocycles. The second-order valence-electron chi connectivity index (χ2n) is 10.6. The number of ether oxygens (including phenoxy) is 1. The van der Waals surface area contributed by atoms with Gasteiger partial charge >= 0.3 is 5.97 Å². The number of hydrogen-bond acceptors (Lipinski definition) is 7. The summed E-state index contributed by atoms with van der Waals surface area (Å²) >= 11 is 6.26. The van der Waals surface area contributed by atoms with Crippen LogP contribution in [0.25, 0.3) is 0 Å². The Labute approximate surface area is 245 Å². The summed E-state index contributed by atoms with van der Waals surface area (Å²) in [5.74, 6) is -1.26. The average Bonchev–Trinajstić information content (AvgIpc) is 3.17. The van der Waals surface area contributed by atoms with Crippen molar-refractivity contribution >= 4 is 44.8 Å². The molecule has 2 aliphatic rings. The number of fused-ring (bicyclic) bond motifs is 1. The van der Waals surface area contributed by atoms with Crippen LogP contribution in [0.1, 0.15) is 29.8 Å². The van der Waals surface area contributed by atoms with Crippen molar-refractivity contribution in [3.05, 3.63) is 101 Å². The van der Waals surface area contributed by atoms with Crippen LogP contribution in [0.3, 0.4) is 0 Å². The van der Waals surface area contributed by atoms with Gasteiger partial charge < -0.3 is 14.5 Å². The number of hydrogen-bond donors (Lipinski definition) is 0.